The van der Waals surface area contributed by atoms with Crippen molar-refractivity contribution in [1.29, 1.82) is 0 Å². The molecule has 182 valence electrons. The Morgan fingerprint density at radius 1 is 0.765 bits per heavy atom. The number of aliphatic imine (C=N–C) groups is 1. The van der Waals surface area contributed by atoms with Crippen molar-refractivity contribution in [2.45, 2.75) is 103 Å². The van der Waals surface area contributed by atoms with Gasteiger partial charge >= 0.3 is 0 Å². The number of hydrogen-bond acceptors (Lipinski definition) is 2. The maximum Gasteiger partial charge on any atom is 0.0889 e. The van der Waals surface area contributed by atoms with Crippen LogP contribution in [0.25, 0.3) is 21.8 Å². The molecule has 3 heteroatoms. The fourth-order valence-corrected chi connectivity index (χ4v) is 5.46. The third kappa shape index (κ3) is 6.11. The number of hydrogen-bond donors (Lipinski definition) is 1. The molecule has 0 radical (unpaired) electrons. The zero-order valence-electron chi connectivity index (χ0n) is 21.4. The van der Waals surface area contributed by atoms with Gasteiger partial charge in [0, 0.05) is 34.1 Å². The summed E-state index contributed by atoms with van der Waals surface area (Å²) in [5.41, 5.74) is 5.16. The van der Waals surface area contributed by atoms with Gasteiger partial charge in [0.2, 0.25) is 0 Å². The summed E-state index contributed by atoms with van der Waals surface area (Å²) in [5.74, 6) is 0. The first-order valence-electron chi connectivity index (χ1n) is 13.8. The van der Waals surface area contributed by atoms with Gasteiger partial charge in [-0.1, -0.05) is 114 Å². The predicted octanol–water partition coefficient (Wildman–Crippen LogP) is 9.07. The fourth-order valence-electron chi connectivity index (χ4n) is 5.46. The van der Waals surface area contributed by atoms with Crippen LogP contribution in [0.3, 0.4) is 0 Å². The number of allylic oxidation sites excluding steroid dienone is 1. The minimum Gasteiger partial charge on any atom is -0.366 e. The van der Waals surface area contributed by atoms with Gasteiger partial charge in [-0.25, -0.2) is 4.99 Å². The van der Waals surface area contributed by atoms with Gasteiger partial charge in [-0.2, -0.15) is 0 Å². The molecule has 3 aromatic rings. The Hall–Kier alpha value is -2.55. The van der Waals surface area contributed by atoms with E-state index in [1.807, 2.05) is 6.34 Å². The maximum absolute atomic E-state index is 4.38. The van der Waals surface area contributed by atoms with Crippen molar-refractivity contribution in [3.63, 3.8) is 0 Å². The van der Waals surface area contributed by atoms with Crippen LogP contribution in [0.1, 0.15) is 103 Å². The first-order valence-corrected chi connectivity index (χ1v) is 13.8. The highest BCUT2D eigenvalue weighted by atomic mass is 15.0. The zero-order chi connectivity index (χ0) is 23.6. The molecule has 0 bridgehead atoms. The molecule has 0 spiro atoms. The number of nitrogens with zero attached hydrogens (tertiary/aromatic N) is 2. The monoisotopic (exact) mass is 457 g/mol. The van der Waals surface area contributed by atoms with E-state index in [1.165, 1.54) is 104 Å². The van der Waals surface area contributed by atoms with E-state index in [-0.39, 0.29) is 6.04 Å². The van der Waals surface area contributed by atoms with Crippen LogP contribution in [0, 0.1) is 0 Å². The van der Waals surface area contributed by atoms with E-state index in [1.54, 1.807) is 0 Å². The molecule has 2 aromatic carbocycles. The Morgan fingerprint density at radius 3 is 2.12 bits per heavy atom. The van der Waals surface area contributed by atoms with E-state index in [9.17, 15) is 0 Å². The van der Waals surface area contributed by atoms with Crippen LogP contribution in [-0.4, -0.2) is 10.9 Å². The average Bonchev–Trinajstić information content (AvgIpc) is 3.18. The van der Waals surface area contributed by atoms with Crippen molar-refractivity contribution in [3.8, 4) is 0 Å². The summed E-state index contributed by atoms with van der Waals surface area (Å²) >= 11 is 0. The first-order chi connectivity index (χ1) is 16.8. The van der Waals surface area contributed by atoms with Gasteiger partial charge in [-0.05, 0) is 25.5 Å². The SMILES string of the molecule is CCCCCCCCCCCCCCn1c2ccccc2c2cccc(C3C=C(C)N=CN3)c21. The van der Waals surface area contributed by atoms with Gasteiger partial charge in [-0.3, -0.25) is 0 Å². The molecule has 0 saturated carbocycles. The van der Waals surface area contributed by atoms with E-state index < -0.39 is 0 Å². The normalized spacial score (nSPS) is 15.7. The molecule has 2 heterocycles. The van der Waals surface area contributed by atoms with Crippen molar-refractivity contribution >= 4 is 28.1 Å². The van der Waals surface area contributed by atoms with Gasteiger partial charge in [0.15, 0.2) is 0 Å². The van der Waals surface area contributed by atoms with Crippen molar-refractivity contribution in [3.05, 3.63) is 59.8 Å². The number of aromatic nitrogens is 1. The molecule has 1 aliphatic heterocycles. The van der Waals surface area contributed by atoms with Crippen LogP contribution < -0.4 is 5.32 Å². The molecule has 1 aliphatic rings. The lowest BCUT2D eigenvalue weighted by Gasteiger charge is -2.20. The second-order valence-electron chi connectivity index (χ2n) is 10.0. The lowest BCUT2D eigenvalue weighted by Crippen LogP contribution is -2.21. The van der Waals surface area contributed by atoms with Crippen molar-refractivity contribution in [1.82, 2.24) is 9.88 Å². The van der Waals surface area contributed by atoms with Crippen LogP contribution >= 0.6 is 0 Å². The van der Waals surface area contributed by atoms with E-state index in [0.717, 1.165) is 12.2 Å². The third-order valence-electron chi connectivity index (χ3n) is 7.32. The van der Waals surface area contributed by atoms with Gasteiger partial charge in [-0.15, -0.1) is 0 Å². The Kier molecular flexibility index (Phi) is 9.24. The molecule has 0 aliphatic carbocycles. The summed E-state index contributed by atoms with van der Waals surface area (Å²) < 4.78 is 2.58. The molecule has 1 N–H and O–H groups in total. The standard InChI is InChI=1S/C31H43N3/c1-3-4-5-6-7-8-9-10-11-12-13-16-22-34-30-21-15-14-18-26(30)27-19-17-20-28(31(27)34)29-23-25(2)32-24-33-29/h14-15,17-21,23-24,29H,3-13,16,22H2,1-2H3,(H,32,33). The number of para-hydroxylation sites is 2. The summed E-state index contributed by atoms with van der Waals surface area (Å²) in [4.78, 5) is 4.38. The predicted molar refractivity (Wildman–Crippen MR) is 149 cm³/mol. The highest BCUT2D eigenvalue weighted by Gasteiger charge is 2.19. The van der Waals surface area contributed by atoms with Gasteiger partial charge < -0.3 is 9.88 Å². The largest absolute Gasteiger partial charge is 0.366 e. The van der Waals surface area contributed by atoms with Crippen molar-refractivity contribution in [2.75, 3.05) is 0 Å². The number of nitrogens with one attached hydrogen (secondary N) is 1. The Balaban J connectivity index is 1.36. The van der Waals surface area contributed by atoms with Gasteiger partial charge in [0.1, 0.15) is 0 Å². The summed E-state index contributed by atoms with van der Waals surface area (Å²) in [6, 6.07) is 15.8. The maximum atomic E-state index is 4.38. The van der Waals surface area contributed by atoms with Crippen molar-refractivity contribution < 1.29 is 0 Å². The molecule has 34 heavy (non-hydrogen) atoms. The summed E-state index contributed by atoms with van der Waals surface area (Å²) in [6.45, 7) is 5.45. The summed E-state index contributed by atoms with van der Waals surface area (Å²) in [6.07, 6.45) is 20.7. The van der Waals surface area contributed by atoms with Crippen LogP contribution in [0.15, 0.2) is 59.2 Å². The third-order valence-corrected chi connectivity index (χ3v) is 7.32. The Morgan fingerprint density at radius 2 is 1.41 bits per heavy atom. The highest BCUT2D eigenvalue weighted by Crippen LogP contribution is 2.35. The minimum absolute atomic E-state index is 0.172. The molecule has 4 rings (SSSR count). The van der Waals surface area contributed by atoms with Gasteiger partial charge in [0.25, 0.3) is 0 Å². The van der Waals surface area contributed by atoms with Crippen LogP contribution in [0.5, 0.6) is 0 Å². The smallest absolute Gasteiger partial charge is 0.0889 e. The molecular formula is C31H43N3. The molecule has 1 aromatic heterocycles. The minimum atomic E-state index is 0.172. The number of benzene rings is 2. The highest BCUT2D eigenvalue weighted by molar-refractivity contribution is 6.09. The molecular weight excluding hydrogens is 414 g/mol. The topological polar surface area (TPSA) is 29.3 Å². The molecule has 3 nitrogen and oxygen atoms in total. The summed E-state index contributed by atoms with van der Waals surface area (Å²) in [7, 11) is 0. The number of fused-ring (bicyclic) bond motifs is 3. The Bertz CT molecular complexity index is 1100. The second kappa shape index (κ2) is 12.8. The molecule has 0 fully saturated rings. The first kappa shape index (κ1) is 24.6. The van der Waals surface area contributed by atoms with Crippen LogP contribution in [-0.2, 0) is 6.54 Å². The van der Waals surface area contributed by atoms with Crippen LogP contribution in [0.2, 0.25) is 0 Å². The quantitative estimate of drug-likeness (QED) is 0.240. The van der Waals surface area contributed by atoms with E-state index >= 15 is 0 Å². The molecule has 0 amide bonds. The van der Waals surface area contributed by atoms with Crippen molar-refractivity contribution in [2.24, 2.45) is 4.99 Å². The number of aryl methyl sites for hydroxylation is 1. The fraction of sp³-hybridized carbons (Fsp3) is 0.516. The lowest BCUT2D eigenvalue weighted by molar-refractivity contribution is 0.533. The van der Waals surface area contributed by atoms with Gasteiger partial charge in [0.05, 0.1) is 17.9 Å². The Labute approximate surface area is 206 Å². The zero-order valence-corrected chi connectivity index (χ0v) is 21.4. The van der Waals surface area contributed by atoms with E-state index in [0.29, 0.717) is 0 Å². The molecule has 0 saturated heterocycles. The average molecular weight is 458 g/mol. The summed E-state index contributed by atoms with van der Waals surface area (Å²) in [5, 5.41) is 6.19. The number of unbranched alkanes of at least 4 members (excludes halogenated alkanes) is 11. The number of rotatable bonds is 14. The van der Waals surface area contributed by atoms with Crippen LogP contribution in [0.4, 0.5) is 0 Å². The lowest BCUT2D eigenvalue weighted by atomic mass is 10.0. The molecule has 1 atom stereocenters. The van der Waals surface area contributed by atoms with E-state index in [4.69, 9.17) is 0 Å². The van der Waals surface area contributed by atoms with E-state index in [2.05, 4.69) is 77.3 Å². The molecule has 1 unspecified atom stereocenters. The second-order valence-corrected chi connectivity index (χ2v) is 10.0.